The van der Waals surface area contributed by atoms with Gasteiger partial charge in [-0.2, -0.15) is 0 Å². The number of amides is 1. The van der Waals surface area contributed by atoms with E-state index in [1.54, 1.807) is 12.1 Å². The Hall–Kier alpha value is -3.02. The average Bonchev–Trinajstić information content (AvgIpc) is 2.78. The molecule has 3 aromatic rings. The number of carbonyl (C=O) groups excluding carboxylic acids is 1. The van der Waals surface area contributed by atoms with Crippen molar-refractivity contribution in [1.29, 1.82) is 0 Å². The summed E-state index contributed by atoms with van der Waals surface area (Å²) in [5.74, 6) is 0.661. The van der Waals surface area contributed by atoms with E-state index in [1.165, 1.54) is 0 Å². The minimum atomic E-state index is -0.404. The molecule has 0 aromatic heterocycles. The van der Waals surface area contributed by atoms with Gasteiger partial charge in [-0.3, -0.25) is 4.79 Å². The highest BCUT2D eigenvalue weighted by molar-refractivity contribution is 5.98. The van der Waals surface area contributed by atoms with Gasteiger partial charge in [-0.15, -0.1) is 12.4 Å². The highest BCUT2D eigenvalue weighted by Gasteiger charge is 2.19. The van der Waals surface area contributed by atoms with E-state index in [4.69, 9.17) is 15.2 Å². The quantitative estimate of drug-likeness (QED) is 0.431. The zero-order valence-electron chi connectivity index (χ0n) is 17.6. The van der Waals surface area contributed by atoms with Gasteiger partial charge in [0.25, 0.3) is 5.91 Å². The van der Waals surface area contributed by atoms with Crippen molar-refractivity contribution in [2.24, 2.45) is 5.73 Å². The van der Waals surface area contributed by atoms with Crippen molar-refractivity contribution in [3.63, 3.8) is 0 Å². The van der Waals surface area contributed by atoms with Gasteiger partial charge < -0.3 is 20.5 Å². The summed E-state index contributed by atoms with van der Waals surface area (Å²) in [5.41, 5.74) is 8.45. The minimum Gasteiger partial charge on any atom is -0.485 e. The number of halogens is 1. The Morgan fingerprint density at radius 2 is 1.45 bits per heavy atom. The molecule has 0 spiro atoms. The molecule has 0 fully saturated rings. The van der Waals surface area contributed by atoms with Gasteiger partial charge in [-0.1, -0.05) is 80.1 Å². The van der Waals surface area contributed by atoms with E-state index in [1.807, 2.05) is 73.7 Å². The molecule has 0 aliphatic heterocycles. The molecule has 3 N–H and O–H groups in total. The Morgan fingerprint density at radius 1 is 0.871 bits per heavy atom. The van der Waals surface area contributed by atoms with Gasteiger partial charge in [0.2, 0.25) is 0 Å². The smallest absolute Gasteiger partial charge is 0.256 e. The van der Waals surface area contributed by atoms with E-state index < -0.39 is 6.17 Å². The lowest BCUT2D eigenvalue weighted by Gasteiger charge is -2.18. The molecule has 1 amide bonds. The molecule has 3 rings (SSSR count). The Labute approximate surface area is 190 Å². The Kier molecular flexibility index (Phi) is 9.88. The average molecular weight is 441 g/mol. The zero-order chi connectivity index (χ0) is 21.2. The fraction of sp³-hybridized carbons (Fsp3) is 0.240. The van der Waals surface area contributed by atoms with Crippen molar-refractivity contribution in [2.75, 3.05) is 0 Å². The van der Waals surface area contributed by atoms with Gasteiger partial charge in [0.05, 0.1) is 11.7 Å². The molecule has 164 valence electrons. The van der Waals surface area contributed by atoms with E-state index in [0.29, 0.717) is 36.7 Å². The van der Waals surface area contributed by atoms with Crippen LogP contribution in [0.15, 0.2) is 78.9 Å². The van der Waals surface area contributed by atoms with Crippen LogP contribution in [-0.2, 0) is 13.2 Å². The van der Waals surface area contributed by atoms with Crippen LogP contribution >= 0.6 is 12.4 Å². The first-order valence-electron chi connectivity index (χ1n) is 10.2. The highest BCUT2D eigenvalue weighted by Crippen LogP contribution is 2.33. The molecule has 0 saturated carbocycles. The van der Waals surface area contributed by atoms with Gasteiger partial charge in [-0.25, -0.2) is 0 Å². The SMILES string of the molecule is CCCC(N)NC(=O)c1cccc(OCc2ccccc2)c1OCc1ccccc1.Cl. The van der Waals surface area contributed by atoms with Gasteiger partial charge in [0.15, 0.2) is 11.5 Å². The van der Waals surface area contributed by atoms with E-state index in [0.717, 1.165) is 17.5 Å². The van der Waals surface area contributed by atoms with Crippen LogP contribution in [0.4, 0.5) is 0 Å². The van der Waals surface area contributed by atoms with Crippen molar-refractivity contribution in [1.82, 2.24) is 5.32 Å². The van der Waals surface area contributed by atoms with Gasteiger partial charge in [0, 0.05) is 0 Å². The van der Waals surface area contributed by atoms with Crippen LogP contribution in [-0.4, -0.2) is 12.1 Å². The standard InChI is InChI=1S/C25H28N2O3.ClH/c1-2-10-23(26)27-25(28)21-15-9-16-22(29-17-19-11-5-3-6-12-19)24(21)30-18-20-13-7-4-8-14-20;/h3-9,11-16,23H,2,10,17-18,26H2,1H3,(H,27,28);1H. The van der Waals surface area contributed by atoms with Crippen molar-refractivity contribution >= 4 is 18.3 Å². The lowest BCUT2D eigenvalue weighted by atomic mass is 10.1. The summed E-state index contributed by atoms with van der Waals surface area (Å²) < 4.78 is 12.1. The number of ether oxygens (including phenoxy) is 2. The van der Waals surface area contributed by atoms with Crippen molar-refractivity contribution in [2.45, 2.75) is 39.1 Å². The summed E-state index contributed by atoms with van der Waals surface area (Å²) in [6.45, 7) is 2.73. The second-order valence-corrected chi connectivity index (χ2v) is 7.05. The third kappa shape index (κ3) is 7.31. The lowest BCUT2D eigenvalue weighted by Crippen LogP contribution is -2.41. The maximum Gasteiger partial charge on any atom is 0.256 e. The summed E-state index contributed by atoms with van der Waals surface area (Å²) in [4.78, 5) is 12.9. The normalized spacial score (nSPS) is 11.2. The first-order chi connectivity index (χ1) is 14.7. The number of nitrogens with one attached hydrogen (secondary N) is 1. The number of nitrogens with two attached hydrogens (primary N) is 1. The minimum absolute atomic E-state index is 0. The zero-order valence-corrected chi connectivity index (χ0v) is 18.4. The second kappa shape index (κ2) is 12.6. The molecule has 6 heteroatoms. The number of carbonyl (C=O) groups is 1. The number of rotatable bonds is 10. The summed E-state index contributed by atoms with van der Waals surface area (Å²) in [7, 11) is 0. The number of para-hydroxylation sites is 1. The van der Waals surface area contributed by atoms with Gasteiger partial charge in [-0.05, 0) is 29.7 Å². The molecule has 0 aliphatic rings. The summed E-state index contributed by atoms with van der Waals surface area (Å²) in [6, 6.07) is 25.0. The Bertz CT molecular complexity index is 936. The third-order valence-corrected chi connectivity index (χ3v) is 4.60. The fourth-order valence-corrected chi connectivity index (χ4v) is 3.05. The number of benzene rings is 3. The van der Waals surface area contributed by atoms with E-state index in [9.17, 15) is 4.79 Å². The fourth-order valence-electron chi connectivity index (χ4n) is 3.05. The van der Waals surface area contributed by atoms with Gasteiger partial charge in [0.1, 0.15) is 13.2 Å². The van der Waals surface area contributed by atoms with Crippen molar-refractivity contribution in [3.8, 4) is 11.5 Å². The summed E-state index contributed by atoms with van der Waals surface area (Å²) >= 11 is 0. The number of hydrogen-bond acceptors (Lipinski definition) is 4. The van der Waals surface area contributed by atoms with Crippen molar-refractivity contribution in [3.05, 3.63) is 95.6 Å². The monoisotopic (exact) mass is 440 g/mol. The van der Waals surface area contributed by atoms with Crippen LogP contribution < -0.4 is 20.5 Å². The molecule has 0 radical (unpaired) electrons. The third-order valence-electron chi connectivity index (χ3n) is 4.60. The van der Waals surface area contributed by atoms with Gasteiger partial charge >= 0.3 is 0 Å². The molecular formula is C25H29ClN2O3. The van der Waals surface area contributed by atoms with Crippen LogP contribution in [0.1, 0.15) is 41.3 Å². The van der Waals surface area contributed by atoms with Crippen molar-refractivity contribution < 1.29 is 14.3 Å². The first-order valence-corrected chi connectivity index (χ1v) is 10.2. The van der Waals surface area contributed by atoms with E-state index >= 15 is 0 Å². The number of hydrogen-bond donors (Lipinski definition) is 2. The van der Waals surface area contributed by atoms with Crippen LogP contribution in [0.3, 0.4) is 0 Å². The highest BCUT2D eigenvalue weighted by atomic mass is 35.5. The van der Waals surface area contributed by atoms with Crippen LogP contribution in [0.2, 0.25) is 0 Å². The first kappa shape index (κ1) is 24.3. The lowest BCUT2D eigenvalue weighted by molar-refractivity contribution is 0.0930. The van der Waals surface area contributed by atoms with Crippen LogP contribution in [0.25, 0.3) is 0 Å². The molecule has 5 nitrogen and oxygen atoms in total. The van der Waals surface area contributed by atoms with E-state index in [2.05, 4.69) is 5.32 Å². The van der Waals surface area contributed by atoms with Crippen LogP contribution in [0, 0.1) is 0 Å². The molecule has 0 aliphatic carbocycles. The van der Waals surface area contributed by atoms with Crippen LogP contribution in [0.5, 0.6) is 11.5 Å². The molecular weight excluding hydrogens is 412 g/mol. The van der Waals surface area contributed by atoms with E-state index in [-0.39, 0.29) is 18.3 Å². The second-order valence-electron chi connectivity index (χ2n) is 7.05. The summed E-state index contributed by atoms with van der Waals surface area (Å²) in [6.07, 6.45) is 1.19. The molecule has 0 saturated heterocycles. The molecule has 1 unspecified atom stereocenters. The molecule has 1 atom stereocenters. The Morgan fingerprint density at radius 3 is 2.03 bits per heavy atom. The topological polar surface area (TPSA) is 73.6 Å². The molecule has 31 heavy (non-hydrogen) atoms. The maximum absolute atomic E-state index is 12.9. The Balaban J connectivity index is 0.00000341. The maximum atomic E-state index is 12.9. The summed E-state index contributed by atoms with van der Waals surface area (Å²) in [5, 5.41) is 2.84. The molecule has 0 heterocycles. The largest absolute Gasteiger partial charge is 0.485 e. The molecule has 0 bridgehead atoms. The predicted molar refractivity (Wildman–Crippen MR) is 126 cm³/mol. The molecule has 3 aromatic carbocycles. The predicted octanol–water partition coefficient (Wildman–Crippen LogP) is 5.08.